The minimum absolute atomic E-state index is 0.238. The van der Waals surface area contributed by atoms with Crippen molar-refractivity contribution in [2.75, 3.05) is 56.9 Å². The predicted molar refractivity (Wildman–Crippen MR) is 170 cm³/mol. The summed E-state index contributed by atoms with van der Waals surface area (Å²) in [6, 6.07) is 14.3. The highest BCUT2D eigenvalue weighted by Gasteiger charge is 2.66. The number of hydrogen-bond acceptors (Lipinski definition) is 7. The summed E-state index contributed by atoms with van der Waals surface area (Å²) in [4.78, 5) is 26.0. The maximum Gasteiger partial charge on any atom is 0.247 e. The molecule has 1 amide bonds. The van der Waals surface area contributed by atoms with Crippen LogP contribution in [0, 0.1) is 5.41 Å². The van der Waals surface area contributed by atoms with Gasteiger partial charge >= 0.3 is 0 Å². The lowest BCUT2D eigenvalue weighted by Gasteiger charge is -2.70. The van der Waals surface area contributed by atoms with E-state index in [1.807, 2.05) is 39.3 Å². The first-order chi connectivity index (χ1) is 20.1. The van der Waals surface area contributed by atoms with E-state index in [9.17, 15) is 4.79 Å². The number of nitrogens with one attached hydrogen (secondary N) is 2. The first-order valence-corrected chi connectivity index (χ1v) is 14.4. The number of rotatable bonds is 11. The number of fused-ring (bicyclic) bond motifs is 1. The van der Waals surface area contributed by atoms with Crippen molar-refractivity contribution in [2.45, 2.75) is 31.7 Å². The molecule has 3 fully saturated rings. The fraction of sp³-hybridized carbons (Fsp3) is 0.364. The summed E-state index contributed by atoms with van der Waals surface area (Å²) in [5.74, 6) is 0.761. The Kier molecular flexibility index (Phi) is 6.93. The number of amides is 1. The number of benzene rings is 2. The summed E-state index contributed by atoms with van der Waals surface area (Å²) in [6.45, 7) is 7.62. The number of carbonyl (C=O) groups is 1. The number of carbonyl (C=O) groups excluding carboxylic acids is 1. The van der Waals surface area contributed by atoms with Crippen LogP contribution >= 0.6 is 0 Å². The summed E-state index contributed by atoms with van der Waals surface area (Å²) in [5, 5.41) is 7.48. The van der Waals surface area contributed by atoms with Crippen LogP contribution in [0.2, 0.25) is 0 Å². The quantitative estimate of drug-likeness (QED) is 0.220. The third-order valence-electron chi connectivity index (χ3n) is 8.72. The molecule has 0 aliphatic heterocycles. The average Bonchev–Trinajstić information content (AvgIpc) is 3.33. The van der Waals surface area contributed by atoms with Gasteiger partial charge in [-0.25, -0.2) is 9.97 Å². The molecule has 0 saturated heterocycles. The van der Waals surface area contributed by atoms with Crippen LogP contribution in [0.5, 0.6) is 5.75 Å². The van der Waals surface area contributed by atoms with E-state index in [2.05, 4.69) is 73.9 Å². The van der Waals surface area contributed by atoms with Crippen LogP contribution in [0.15, 0.2) is 67.5 Å². The maximum atomic E-state index is 12.3. The fourth-order valence-corrected chi connectivity index (χ4v) is 6.85. The molecule has 218 valence electrons. The molecule has 3 aliphatic rings. The number of para-hydroxylation sites is 1. The molecule has 3 saturated carbocycles. The van der Waals surface area contributed by atoms with E-state index in [4.69, 9.17) is 9.72 Å². The predicted octanol–water partition coefficient (Wildman–Crippen LogP) is 5.87. The molecular formula is C33H39N7O2. The van der Waals surface area contributed by atoms with Crippen molar-refractivity contribution in [3.63, 3.8) is 0 Å². The third kappa shape index (κ3) is 4.87. The normalized spacial score (nSPS) is 20.5. The molecule has 2 aromatic heterocycles. The van der Waals surface area contributed by atoms with Gasteiger partial charge in [-0.2, -0.15) is 0 Å². The molecule has 0 spiro atoms. The lowest BCUT2D eigenvalue weighted by Crippen LogP contribution is -2.65. The van der Waals surface area contributed by atoms with Crippen LogP contribution < -0.4 is 20.3 Å². The number of hydrogen-bond donors (Lipinski definition) is 2. The number of aromatic nitrogens is 3. The summed E-state index contributed by atoms with van der Waals surface area (Å²) in [7, 11) is 7.68. The molecule has 0 radical (unpaired) electrons. The molecule has 9 nitrogen and oxygen atoms in total. The Hall–Kier alpha value is -4.37. The number of nitrogens with zero attached hydrogens (tertiary/aromatic N) is 5. The van der Waals surface area contributed by atoms with Gasteiger partial charge < -0.3 is 29.7 Å². The lowest BCUT2D eigenvalue weighted by atomic mass is 9.40. The highest BCUT2D eigenvalue weighted by molar-refractivity contribution is 6.02. The van der Waals surface area contributed by atoms with E-state index in [0.717, 1.165) is 30.0 Å². The number of ether oxygens (including phenoxy) is 1. The van der Waals surface area contributed by atoms with Crippen LogP contribution in [0.4, 0.5) is 23.0 Å². The van der Waals surface area contributed by atoms with Crippen molar-refractivity contribution in [2.24, 2.45) is 5.41 Å². The van der Waals surface area contributed by atoms with Crippen LogP contribution in [-0.2, 0) is 10.3 Å². The van der Waals surface area contributed by atoms with Crippen LogP contribution in [0.3, 0.4) is 0 Å². The van der Waals surface area contributed by atoms with Crippen molar-refractivity contribution >= 4 is 39.8 Å². The van der Waals surface area contributed by atoms with Gasteiger partial charge in [-0.1, -0.05) is 31.7 Å². The summed E-state index contributed by atoms with van der Waals surface area (Å²) in [5.41, 5.74) is 6.05. The second kappa shape index (κ2) is 10.5. The second-order valence-electron chi connectivity index (χ2n) is 12.4. The third-order valence-corrected chi connectivity index (χ3v) is 8.72. The molecule has 4 aromatic rings. The van der Waals surface area contributed by atoms with Crippen LogP contribution in [0.25, 0.3) is 22.2 Å². The molecule has 0 atom stereocenters. The molecular weight excluding hydrogens is 526 g/mol. The zero-order valence-corrected chi connectivity index (χ0v) is 25.1. The Labute approximate surface area is 247 Å². The Morgan fingerprint density at radius 2 is 1.88 bits per heavy atom. The summed E-state index contributed by atoms with van der Waals surface area (Å²) >= 11 is 0. The lowest BCUT2D eigenvalue weighted by molar-refractivity contribution is -0.171. The maximum absolute atomic E-state index is 12.3. The van der Waals surface area contributed by atoms with E-state index < -0.39 is 0 Å². The van der Waals surface area contributed by atoms with Gasteiger partial charge in [-0.15, -0.1) is 0 Å². The number of methoxy groups -OCH3 is 1. The second-order valence-corrected chi connectivity index (χ2v) is 12.4. The standard InChI is InChI=1S/C33H39N7O2/c1-7-30(41)35-25-16-26(29(42-6)17-28(25)39(5)15-14-38(3)4)37-31-34-13-12-24(36-31)23-18-40(27-11-9-8-10-22(23)27)33-19-32(2,20-33)21-33/h7-13,16-18H,1,14-15,19-21H2,2-6H3,(H,35,41)(H,34,36,37). The Morgan fingerprint density at radius 3 is 2.57 bits per heavy atom. The molecule has 2 N–H and O–H groups in total. The van der Waals surface area contributed by atoms with Gasteiger partial charge in [-0.3, -0.25) is 4.79 Å². The smallest absolute Gasteiger partial charge is 0.247 e. The first kappa shape index (κ1) is 27.8. The van der Waals surface area contributed by atoms with Crippen molar-refractivity contribution in [3.05, 3.63) is 67.5 Å². The molecule has 0 unspecified atom stereocenters. The Balaban J connectivity index is 1.34. The van der Waals surface area contributed by atoms with Crippen molar-refractivity contribution in [1.82, 2.24) is 19.4 Å². The summed E-state index contributed by atoms with van der Waals surface area (Å²) < 4.78 is 8.26. The van der Waals surface area contributed by atoms with Crippen molar-refractivity contribution < 1.29 is 9.53 Å². The first-order valence-electron chi connectivity index (χ1n) is 14.4. The van der Waals surface area contributed by atoms with E-state index in [-0.39, 0.29) is 11.4 Å². The zero-order chi connectivity index (χ0) is 29.6. The van der Waals surface area contributed by atoms with Gasteiger partial charge in [0.25, 0.3) is 0 Å². The highest BCUT2D eigenvalue weighted by Crippen LogP contribution is 2.71. The van der Waals surface area contributed by atoms with Gasteiger partial charge in [0.1, 0.15) is 5.75 Å². The van der Waals surface area contributed by atoms with Crippen LogP contribution in [-0.4, -0.2) is 66.7 Å². The topological polar surface area (TPSA) is 87.5 Å². The van der Waals surface area contributed by atoms with E-state index in [1.54, 1.807) is 13.3 Å². The molecule has 2 aromatic carbocycles. The van der Waals surface area contributed by atoms with E-state index >= 15 is 0 Å². The van der Waals surface area contributed by atoms with E-state index in [1.165, 1.54) is 36.2 Å². The highest BCUT2D eigenvalue weighted by atomic mass is 16.5. The monoisotopic (exact) mass is 565 g/mol. The van der Waals surface area contributed by atoms with E-state index in [0.29, 0.717) is 28.5 Å². The molecule has 7 rings (SSSR count). The van der Waals surface area contributed by atoms with Crippen molar-refractivity contribution in [3.8, 4) is 17.0 Å². The Bertz CT molecular complexity index is 1650. The molecule has 3 aliphatic carbocycles. The van der Waals surface area contributed by atoms with Gasteiger partial charge in [0.15, 0.2) is 0 Å². The van der Waals surface area contributed by atoms with Crippen molar-refractivity contribution in [1.29, 1.82) is 0 Å². The summed E-state index contributed by atoms with van der Waals surface area (Å²) in [6.07, 6.45) is 9.02. The molecule has 2 heterocycles. The fourth-order valence-electron chi connectivity index (χ4n) is 6.85. The largest absolute Gasteiger partial charge is 0.494 e. The number of likely N-dealkylation sites (N-methyl/N-ethyl adjacent to an activating group) is 2. The average molecular weight is 566 g/mol. The van der Waals surface area contributed by atoms with Gasteiger partial charge in [0.2, 0.25) is 11.9 Å². The molecule has 42 heavy (non-hydrogen) atoms. The SMILES string of the molecule is C=CC(=O)Nc1cc(Nc2nccc(-c3cn(C45CC(C)(C4)C5)c4ccccc34)n2)c(OC)cc1N(C)CCN(C)C. The van der Waals surface area contributed by atoms with Gasteiger partial charge in [-0.05, 0) is 63.0 Å². The minimum atomic E-state index is -0.291. The minimum Gasteiger partial charge on any atom is -0.494 e. The van der Waals surface area contributed by atoms with Crippen LogP contribution in [0.1, 0.15) is 26.2 Å². The number of anilines is 4. The molecule has 9 heteroatoms. The van der Waals surface area contributed by atoms with Gasteiger partial charge in [0, 0.05) is 60.6 Å². The Morgan fingerprint density at radius 1 is 1.12 bits per heavy atom. The van der Waals surface area contributed by atoms with Gasteiger partial charge in [0.05, 0.1) is 29.9 Å². The molecule has 2 bridgehead atoms. The zero-order valence-electron chi connectivity index (χ0n) is 25.1.